The van der Waals surface area contributed by atoms with Crippen LogP contribution >= 0.6 is 0 Å². The van der Waals surface area contributed by atoms with E-state index in [1.54, 1.807) is 12.1 Å². The van der Waals surface area contributed by atoms with Gasteiger partial charge in [-0.25, -0.2) is 19.2 Å². The summed E-state index contributed by atoms with van der Waals surface area (Å²) >= 11 is 0. The summed E-state index contributed by atoms with van der Waals surface area (Å²) in [6, 6.07) is 9.08. The Kier molecular flexibility index (Phi) is 12.6. The Balaban J connectivity index is 0.000000251. The van der Waals surface area contributed by atoms with Gasteiger partial charge in [0.1, 0.15) is 18.8 Å². The van der Waals surface area contributed by atoms with Crippen LogP contribution in [0.2, 0.25) is 0 Å². The minimum atomic E-state index is -0.948. The fourth-order valence-corrected chi connectivity index (χ4v) is 3.47. The zero-order chi connectivity index (χ0) is 25.3. The summed E-state index contributed by atoms with van der Waals surface area (Å²) in [4.78, 5) is 44.1. The molecule has 12 heteroatoms. The molecule has 2 aliphatic carbocycles. The van der Waals surface area contributed by atoms with Crippen LogP contribution in [0.3, 0.4) is 0 Å². The molecular weight excluding hydrogens is 460 g/mol. The molecule has 3 rings (SSSR count). The van der Waals surface area contributed by atoms with Crippen LogP contribution in [0.4, 0.5) is 19.2 Å². The van der Waals surface area contributed by atoms with Crippen molar-refractivity contribution in [2.75, 3.05) is 7.11 Å². The Morgan fingerprint density at radius 3 is 1.66 bits per heavy atom. The van der Waals surface area contributed by atoms with Crippen molar-refractivity contribution in [3.8, 4) is 0 Å². The molecule has 0 heterocycles. The van der Waals surface area contributed by atoms with Crippen LogP contribution in [0.5, 0.6) is 0 Å². The van der Waals surface area contributed by atoms with E-state index in [1.807, 2.05) is 18.2 Å². The van der Waals surface area contributed by atoms with Crippen molar-refractivity contribution >= 4 is 24.4 Å². The molecule has 35 heavy (non-hydrogen) atoms. The summed E-state index contributed by atoms with van der Waals surface area (Å²) in [7, 11) is 1.14. The molecule has 1 aromatic carbocycles. The number of azo groups is 2. The van der Waals surface area contributed by atoms with E-state index in [1.165, 1.54) is 6.42 Å². The first-order valence-corrected chi connectivity index (χ1v) is 11.5. The second kappa shape index (κ2) is 16.0. The molecule has 0 spiro atoms. The smallest absolute Gasteiger partial charge is 0.450 e. The largest absolute Gasteiger partial charge is 0.452 e. The van der Waals surface area contributed by atoms with E-state index < -0.39 is 24.4 Å². The van der Waals surface area contributed by atoms with Gasteiger partial charge in [0.05, 0.1) is 7.11 Å². The highest BCUT2D eigenvalue weighted by Crippen LogP contribution is 2.22. The summed E-state index contributed by atoms with van der Waals surface area (Å²) < 4.78 is 19.0. The van der Waals surface area contributed by atoms with E-state index in [0.29, 0.717) is 0 Å². The van der Waals surface area contributed by atoms with Gasteiger partial charge in [0, 0.05) is 0 Å². The predicted octanol–water partition coefficient (Wildman–Crippen LogP) is 6.53. The third-order valence-electron chi connectivity index (χ3n) is 5.20. The van der Waals surface area contributed by atoms with Crippen LogP contribution in [-0.2, 0) is 25.6 Å². The first-order chi connectivity index (χ1) is 17.0. The number of nitrogens with zero attached hydrogens (tertiary/aromatic N) is 4. The molecule has 190 valence electrons. The number of rotatable bonds is 4. The van der Waals surface area contributed by atoms with Crippen LogP contribution in [0.1, 0.15) is 63.4 Å². The lowest BCUT2D eigenvalue weighted by Crippen LogP contribution is -2.19. The topological polar surface area (TPSA) is 155 Å². The van der Waals surface area contributed by atoms with Gasteiger partial charge in [-0.1, -0.05) is 57.2 Å². The molecular formula is C23H30N4O8. The molecule has 12 nitrogen and oxygen atoms in total. The van der Waals surface area contributed by atoms with Crippen molar-refractivity contribution in [2.45, 2.75) is 76.6 Å². The van der Waals surface area contributed by atoms with E-state index in [9.17, 15) is 19.2 Å². The Morgan fingerprint density at radius 2 is 1.14 bits per heavy atom. The normalized spacial score (nSPS) is 16.4. The van der Waals surface area contributed by atoms with E-state index in [0.717, 1.165) is 64.0 Å². The maximum atomic E-state index is 11.4. The lowest BCUT2D eigenvalue weighted by Gasteiger charge is -2.20. The minimum Gasteiger partial charge on any atom is -0.450 e. The van der Waals surface area contributed by atoms with E-state index in [2.05, 4.69) is 25.2 Å². The van der Waals surface area contributed by atoms with Crippen LogP contribution in [0.25, 0.3) is 0 Å². The molecule has 0 atom stereocenters. The molecule has 0 aromatic heterocycles. The van der Waals surface area contributed by atoms with Crippen molar-refractivity contribution < 1.29 is 38.1 Å². The van der Waals surface area contributed by atoms with Crippen LogP contribution in [-0.4, -0.2) is 43.7 Å². The van der Waals surface area contributed by atoms with Crippen LogP contribution in [0.15, 0.2) is 50.8 Å². The molecule has 2 aliphatic rings. The van der Waals surface area contributed by atoms with Crippen molar-refractivity contribution in [2.24, 2.45) is 20.5 Å². The standard InChI is InChI=1S/C13H20N2O4.C10H10N2O4/c16-12(18-10-6-2-1-3-7-10)14-15-13(17)19-11-8-4-5-9-11;1-15-9(13)11-12-10(14)16-7-8-5-3-2-4-6-8/h10-11H,1-9H2;2-6H,7H2,1H3. The average molecular weight is 491 g/mol. The van der Waals surface area contributed by atoms with Gasteiger partial charge in [0.25, 0.3) is 0 Å². The monoisotopic (exact) mass is 490 g/mol. The summed E-state index contributed by atoms with van der Waals surface area (Å²) in [5.41, 5.74) is 0.823. The van der Waals surface area contributed by atoms with Crippen molar-refractivity contribution in [3.63, 3.8) is 0 Å². The quantitative estimate of drug-likeness (QED) is 0.341. The fourth-order valence-electron chi connectivity index (χ4n) is 3.47. The molecule has 0 N–H and O–H groups in total. The molecule has 0 saturated heterocycles. The number of methoxy groups -OCH3 is 1. The number of ether oxygens (including phenoxy) is 4. The molecule has 0 unspecified atom stereocenters. The van der Waals surface area contributed by atoms with Crippen molar-refractivity contribution in [1.29, 1.82) is 0 Å². The minimum absolute atomic E-state index is 0.0687. The van der Waals surface area contributed by atoms with E-state index in [-0.39, 0.29) is 18.8 Å². The highest BCUT2D eigenvalue weighted by Gasteiger charge is 2.20. The molecule has 4 amide bonds. The second-order valence-electron chi connectivity index (χ2n) is 7.84. The van der Waals surface area contributed by atoms with Gasteiger partial charge >= 0.3 is 24.4 Å². The zero-order valence-electron chi connectivity index (χ0n) is 19.7. The summed E-state index contributed by atoms with van der Waals surface area (Å²) in [6.45, 7) is 0.0832. The molecule has 0 bridgehead atoms. The van der Waals surface area contributed by atoms with E-state index >= 15 is 0 Å². The molecule has 2 fully saturated rings. The highest BCUT2D eigenvalue weighted by molar-refractivity contribution is 5.73. The SMILES string of the molecule is COC(=O)N=NC(=O)OCc1ccccc1.O=C(N=NC(=O)OC1CCCC1)OC1CCCCC1. The van der Waals surface area contributed by atoms with E-state index in [4.69, 9.17) is 14.2 Å². The van der Waals surface area contributed by atoms with Gasteiger partial charge in [-0.2, -0.15) is 0 Å². The third-order valence-corrected chi connectivity index (χ3v) is 5.20. The molecule has 1 aromatic rings. The van der Waals surface area contributed by atoms with Gasteiger partial charge in [-0.05, 0) is 56.9 Å². The maximum absolute atomic E-state index is 11.4. The molecule has 0 radical (unpaired) electrons. The Labute approximate surface area is 203 Å². The predicted molar refractivity (Wildman–Crippen MR) is 121 cm³/mol. The summed E-state index contributed by atoms with van der Waals surface area (Å²) in [6.07, 6.45) is 5.31. The fraction of sp³-hybridized carbons (Fsp3) is 0.565. The number of hydrogen-bond donors (Lipinski definition) is 0. The van der Waals surface area contributed by atoms with Crippen LogP contribution < -0.4 is 0 Å². The number of hydrogen-bond acceptors (Lipinski definition) is 8. The Morgan fingerprint density at radius 1 is 0.686 bits per heavy atom. The van der Waals surface area contributed by atoms with Crippen molar-refractivity contribution in [1.82, 2.24) is 0 Å². The number of carbonyl (C=O) groups excluding carboxylic acids is 4. The van der Waals surface area contributed by atoms with Gasteiger partial charge < -0.3 is 18.9 Å². The first kappa shape index (κ1) is 27.5. The third kappa shape index (κ3) is 12.4. The van der Waals surface area contributed by atoms with Crippen LogP contribution in [0, 0.1) is 0 Å². The second-order valence-corrected chi connectivity index (χ2v) is 7.84. The van der Waals surface area contributed by atoms with Gasteiger partial charge in [-0.3, -0.25) is 0 Å². The van der Waals surface area contributed by atoms with Gasteiger partial charge in [0.15, 0.2) is 0 Å². The number of carbonyl (C=O) groups is 4. The Bertz CT molecular complexity index is 879. The summed E-state index contributed by atoms with van der Waals surface area (Å²) in [5.74, 6) is 0. The molecule has 2 saturated carbocycles. The zero-order valence-corrected chi connectivity index (χ0v) is 19.7. The maximum Gasteiger partial charge on any atom is 0.452 e. The van der Waals surface area contributed by atoms with Crippen molar-refractivity contribution in [3.05, 3.63) is 35.9 Å². The Hall–Kier alpha value is -3.70. The summed E-state index contributed by atoms with van der Waals surface area (Å²) in [5, 5.41) is 12.4. The average Bonchev–Trinajstić information content (AvgIpc) is 3.39. The number of amides is 4. The first-order valence-electron chi connectivity index (χ1n) is 11.5. The van der Waals surface area contributed by atoms with Gasteiger partial charge in [0.2, 0.25) is 0 Å². The lowest BCUT2D eigenvalue weighted by molar-refractivity contribution is 0.0800. The number of benzene rings is 1. The molecule has 0 aliphatic heterocycles. The lowest BCUT2D eigenvalue weighted by atomic mass is 9.98. The van der Waals surface area contributed by atoms with Gasteiger partial charge in [-0.15, -0.1) is 0 Å². The highest BCUT2D eigenvalue weighted by atomic mass is 16.6.